The molecule has 0 amide bonds. The van der Waals surface area contributed by atoms with Crippen molar-refractivity contribution in [2.45, 2.75) is 20.8 Å². The predicted molar refractivity (Wildman–Crippen MR) is 99.4 cm³/mol. The molecule has 138 valence electrons. The molecule has 0 saturated heterocycles. The van der Waals surface area contributed by atoms with E-state index in [1.54, 1.807) is 23.6 Å². The number of benzene rings is 1. The molecule has 27 heavy (non-hydrogen) atoms. The van der Waals surface area contributed by atoms with Crippen LogP contribution in [0.3, 0.4) is 0 Å². The molecule has 0 aliphatic heterocycles. The second kappa shape index (κ2) is 7.03. The number of nitrogens with zero attached hydrogens (tertiary/aromatic N) is 2. The molecule has 0 unspecified atom stereocenters. The topological polar surface area (TPSA) is 90.9 Å². The van der Waals surface area contributed by atoms with Gasteiger partial charge in [0.15, 0.2) is 0 Å². The highest BCUT2D eigenvalue weighted by atomic mass is 16.6. The summed E-state index contributed by atoms with van der Waals surface area (Å²) in [5.41, 5.74) is 2.38. The predicted octanol–water partition coefficient (Wildman–Crippen LogP) is 3.87. The van der Waals surface area contributed by atoms with Gasteiger partial charge in [-0.25, -0.2) is 4.79 Å². The monoisotopic (exact) mass is 366 g/mol. The molecule has 0 bridgehead atoms. The van der Waals surface area contributed by atoms with Crippen molar-refractivity contribution in [1.82, 2.24) is 4.40 Å². The fourth-order valence-corrected chi connectivity index (χ4v) is 3.21. The average molecular weight is 366 g/mol. The van der Waals surface area contributed by atoms with Gasteiger partial charge in [0.05, 0.1) is 28.3 Å². The maximum atomic E-state index is 13.1. The van der Waals surface area contributed by atoms with Gasteiger partial charge in [0.2, 0.25) is 5.78 Å². The second-order valence-electron chi connectivity index (χ2n) is 6.19. The molecule has 0 atom stereocenters. The van der Waals surface area contributed by atoms with Gasteiger partial charge in [0.1, 0.15) is 5.56 Å². The number of fused-ring (bicyclic) bond motifs is 1. The number of nitro groups is 1. The molecule has 2 heterocycles. The third-order valence-electron chi connectivity index (χ3n) is 4.26. The lowest BCUT2D eigenvalue weighted by atomic mass is 10.1. The van der Waals surface area contributed by atoms with Gasteiger partial charge >= 0.3 is 5.97 Å². The number of hydrogen-bond donors (Lipinski definition) is 0. The van der Waals surface area contributed by atoms with Crippen LogP contribution in [0.2, 0.25) is 0 Å². The summed E-state index contributed by atoms with van der Waals surface area (Å²) in [5, 5.41) is 11.3. The quantitative estimate of drug-likeness (QED) is 0.296. The number of hydrogen-bond acceptors (Lipinski definition) is 5. The van der Waals surface area contributed by atoms with E-state index in [0.29, 0.717) is 5.52 Å². The summed E-state index contributed by atoms with van der Waals surface area (Å²) in [7, 11) is 0. The molecule has 0 aliphatic rings. The van der Waals surface area contributed by atoms with Crippen LogP contribution in [-0.2, 0) is 4.74 Å². The van der Waals surface area contributed by atoms with Crippen molar-refractivity contribution >= 4 is 23.0 Å². The molecule has 7 heteroatoms. The first-order valence-electron chi connectivity index (χ1n) is 8.42. The van der Waals surface area contributed by atoms with E-state index in [4.69, 9.17) is 4.74 Å². The highest BCUT2D eigenvalue weighted by Gasteiger charge is 2.26. The molecular formula is C20H18N2O5. The number of para-hydroxylation sites is 1. The number of ketones is 1. The Morgan fingerprint density at radius 1 is 1.15 bits per heavy atom. The first kappa shape index (κ1) is 18.3. The summed E-state index contributed by atoms with van der Waals surface area (Å²) < 4.78 is 6.72. The molecule has 0 N–H and O–H groups in total. The molecule has 3 aromatic rings. The van der Waals surface area contributed by atoms with Crippen LogP contribution in [0.4, 0.5) is 5.69 Å². The Labute approximate surface area is 155 Å². The smallest absolute Gasteiger partial charge is 0.340 e. The molecule has 3 rings (SSSR count). The Morgan fingerprint density at radius 3 is 2.52 bits per heavy atom. The maximum Gasteiger partial charge on any atom is 0.340 e. The molecule has 0 radical (unpaired) electrons. The van der Waals surface area contributed by atoms with Crippen molar-refractivity contribution in [3.05, 3.63) is 80.7 Å². The van der Waals surface area contributed by atoms with Crippen LogP contribution in [0.25, 0.3) is 5.52 Å². The Kier molecular flexibility index (Phi) is 4.77. The van der Waals surface area contributed by atoms with Crippen LogP contribution in [-0.4, -0.2) is 27.7 Å². The first-order valence-corrected chi connectivity index (χ1v) is 8.42. The van der Waals surface area contributed by atoms with Gasteiger partial charge in [-0.05, 0) is 44.0 Å². The summed E-state index contributed by atoms with van der Waals surface area (Å²) in [6.45, 7) is 5.61. The number of pyridine rings is 1. The number of esters is 1. The third kappa shape index (κ3) is 3.19. The zero-order chi connectivity index (χ0) is 19.7. The van der Waals surface area contributed by atoms with Gasteiger partial charge < -0.3 is 9.14 Å². The number of aromatic nitrogens is 1. The molecule has 0 saturated carbocycles. The summed E-state index contributed by atoms with van der Waals surface area (Å²) in [6.07, 6.45) is 1.73. The van der Waals surface area contributed by atoms with Crippen LogP contribution < -0.4 is 0 Å². The normalized spacial score (nSPS) is 10.8. The van der Waals surface area contributed by atoms with Crippen molar-refractivity contribution in [3.8, 4) is 0 Å². The summed E-state index contributed by atoms with van der Waals surface area (Å²) >= 11 is 0. The number of nitro benzene ring substituents is 1. The van der Waals surface area contributed by atoms with Crippen LogP contribution in [0, 0.1) is 24.0 Å². The standard InChI is InChI=1S/C20H18N2O5/c1-4-27-20(24)15-10-17(21-11-12(2)9-13(3)18(15)21)19(23)14-7-5-6-8-16(14)22(25)26/h5-11H,4H2,1-3H3. The number of aryl methyl sites for hydroxylation is 2. The largest absolute Gasteiger partial charge is 0.462 e. The van der Waals surface area contributed by atoms with E-state index in [0.717, 1.165) is 11.1 Å². The van der Waals surface area contributed by atoms with Gasteiger partial charge in [-0.15, -0.1) is 0 Å². The van der Waals surface area contributed by atoms with Crippen LogP contribution in [0.5, 0.6) is 0 Å². The van der Waals surface area contributed by atoms with Crippen molar-refractivity contribution in [1.29, 1.82) is 0 Å². The molecule has 2 aromatic heterocycles. The first-order chi connectivity index (χ1) is 12.8. The fourth-order valence-electron chi connectivity index (χ4n) is 3.21. The molecule has 0 fully saturated rings. The second-order valence-corrected chi connectivity index (χ2v) is 6.19. The highest BCUT2D eigenvalue weighted by molar-refractivity contribution is 6.13. The van der Waals surface area contributed by atoms with E-state index in [9.17, 15) is 19.7 Å². The molecule has 0 spiro atoms. The molecule has 0 aliphatic carbocycles. The van der Waals surface area contributed by atoms with E-state index in [-0.39, 0.29) is 29.1 Å². The lowest BCUT2D eigenvalue weighted by Gasteiger charge is -2.07. The van der Waals surface area contributed by atoms with Crippen molar-refractivity contribution in [2.75, 3.05) is 6.61 Å². The lowest BCUT2D eigenvalue weighted by molar-refractivity contribution is -0.385. The van der Waals surface area contributed by atoms with Gasteiger partial charge in [0, 0.05) is 12.3 Å². The zero-order valence-corrected chi connectivity index (χ0v) is 15.2. The van der Waals surface area contributed by atoms with Crippen molar-refractivity contribution < 1.29 is 19.2 Å². The van der Waals surface area contributed by atoms with Crippen molar-refractivity contribution in [3.63, 3.8) is 0 Å². The minimum Gasteiger partial charge on any atom is -0.462 e. The van der Waals surface area contributed by atoms with Gasteiger partial charge in [0.25, 0.3) is 5.69 Å². The number of carbonyl (C=O) groups is 2. The van der Waals surface area contributed by atoms with Crippen LogP contribution in [0.1, 0.15) is 44.5 Å². The van der Waals surface area contributed by atoms with Crippen molar-refractivity contribution in [2.24, 2.45) is 0 Å². The van der Waals surface area contributed by atoms with E-state index in [1.807, 2.05) is 19.9 Å². The van der Waals surface area contributed by atoms with E-state index in [1.165, 1.54) is 24.3 Å². The number of carbonyl (C=O) groups excluding carboxylic acids is 2. The summed E-state index contributed by atoms with van der Waals surface area (Å²) in [5.74, 6) is -1.07. The minimum atomic E-state index is -0.591. The fraction of sp³-hybridized carbons (Fsp3) is 0.200. The zero-order valence-electron chi connectivity index (χ0n) is 15.2. The average Bonchev–Trinajstić information content (AvgIpc) is 3.01. The number of ether oxygens (including phenoxy) is 1. The molecular weight excluding hydrogens is 348 g/mol. The summed E-state index contributed by atoms with van der Waals surface area (Å²) in [4.78, 5) is 36.2. The Morgan fingerprint density at radius 2 is 1.85 bits per heavy atom. The SMILES string of the molecule is CCOC(=O)c1cc(C(=O)c2ccccc2[N+](=O)[O-])n2cc(C)cc(C)c12. The lowest BCUT2D eigenvalue weighted by Crippen LogP contribution is -2.08. The van der Waals surface area contributed by atoms with Gasteiger partial charge in [-0.1, -0.05) is 18.2 Å². The van der Waals surface area contributed by atoms with E-state index < -0.39 is 16.7 Å². The Balaban J connectivity index is 2.28. The maximum absolute atomic E-state index is 13.1. The molecule has 1 aromatic carbocycles. The minimum absolute atomic E-state index is 0.0310. The van der Waals surface area contributed by atoms with Crippen LogP contribution in [0.15, 0.2) is 42.6 Å². The van der Waals surface area contributed by atoms with E-state index >= 15 is 0 Å². The third-order valence-corrected chi connectivity index (χ3v) is 4.26. The molecule has 7 nitrogen and oxygen atoms in total. The van der Waals surface area contributed by atoms with Gasteiger partial charge in [-0.3, -0.25) is 14.9 Å². The highest BCUT2D eigenvalue weighted by Crippen LogP contribution is 2.27. The summed E-state index contributed by atoms with van der Waals surface area (Å²) in [6, 6.07) is 9.11. The van der Waals surface area contributed by atoms with Crippen LogP contribution >= 0.6 is 0 Å². The Hall–Kier alpha value is -3.48. The number of rotatable bonds is 5. The van der Waals surface area contributed by atoms with E-state index in [2.05, 4.69) is 0 Å². The van der Waals surface area contributed by atoms with Gasteiger partial charge in [-0.2, -0.15) is 0 Å². The Bertz CT molecular complexity index is 1080.